The van der Waals surface area contributed by atoms with Crippen LogP contribution in [0.15, 0.2) is 49.2 Å². The minimum atomic E-state index is 0.0273. The maximum absolute atomic E-state index is 12.9. The Balaban J connectivity index is 1.67. The lowest BCUT2D eigenvalue weighted by atomic mass is 10.1. The van der Waals surface area contributed by atoms with Crippen LogP contribution < -0.4 is 0 Å². The number of fused-ring (bicyclic) bond motifs is 1. The SMILES string of the molecule is O=C(c1ccccc1-c1ncc[nH]1)N1CCn2cncc2C1. The van der Waals surface area contributed by atoms with E-state index in [-0.39, 0.29) is 5.91 Å². The van der Waals surface area contributed by atoms with Gasteiger partial charge in [-0.05, 0) is 6.07 Å². The van der Waals surface area contributed by atoms with Gasteiger partial charge in [0.15, 0.2) is 0 Å². The molecule has 0 atom stereocenters. The molecule has 1 aliphatic rings. The van der Waals surface area contributed by atoms with Crippen molar-refractivity contribution in [3.63, 3.8) is 0 Å². The van der Waals surface area contributed by atoms with Crippen LogP contribution in [0.5, 0.6) is 0 Å². The van der Waals surface area contributed by atoms with Crippen molar-refractivity contribution in [1.82, 2.24) is 24.4 Å². The first-order chi connectivity index (χ1) is 10.8. The Morgan fingerprint density at radius 1 is 1.23 bits per heavy atom. The zero-order chi connectivity index (χ0) is 14.9. The molecule has 110 valence electrons. The number of carbonyl (C=O) groups excluding carboxylic acids is 1. The van der Waals surface area contributed by atoms with E-state index in [0.717, 1.165) is 17.8 Å². The van der Waals surface area contributed by atoms with Crippen LogP contribution in [0.3, 0.4) is 0 Å². The van der Waals surface area contributed by atoms with Crippen LogP contribution >= 0.6 is 0 Å². The van der Waals surface area contributed by atoms with Crippen LogP contribution in [0.25, 0.3) is 11.4 Å². The number of H-pyrrole nitrogens is 1. The van der Waals surface area contributed by atoms with E-state index in [2.05, 4.69) is 19.5 Å². The molecule has 0 saturated carbocycles. The zero-order valence-corrected chi connectivity index (χ0v) is 11.9. The summed E-state index contributed by atoms with van der Waals surface area (Å²) in [5.41, 5.74) is 2.57. The maximum Gasteiger partial charge on any atom is 0.255 e. The third-order valence-corrected chi connectivity index (χ3v) is 3.96. The zero-order valence-electron chi connectivity index (χ0n) is 11.9. The van der Waals surface area contributed by atoms with Gasteiger partial charge in [0, 0.05) is 37.2 Å². The van der Waals surface area contributed by atoms with Crippen LogP contribution in [-0.4, -0.2) is 36.9 Å². The molecule has 3 heterocycles. The molecule has 6 nitrogen and oxygen atoms in total. The molecule has 0 unspecified atom stereocenters. The van der Waals surface area contributed by atoms with Gasteiger partial charge in [-0.15, -0.1) is 0 Å². The molecule has 0 fully saturated rings. The van der Waals surface area contributed by atoms with E-state index in [0.29, 0.717) is 24.5 Å². The molecular weight excluding hydrogens is 278 g/mol. The predicted molar refractivity (Wildman–Crippen MR) is 81.0 cm³/mol. The van der Waals surface area contributed by atoms with Gasteiger partial charge in [0.05, 0.1) is 24.1 Å². The molecule has 1 aromatic carbocycles. The van der Waals surface area contributed by atoms with Crippen LogP contribution in [0.2, 0.25) is 0 Å². The van der Waals surface area contributed by atoms with Crippen molar-refractivity contribution in [3.05, 3.63) is 60.4 Å². The minimum absolute atomic E-state index is 0.0273. The van der Waals surface area contributed by atoms with Gasteiger partial charge < -0.3 is 14.5 Å². The van der Waals surface area contributed by atoms with E-state index in [4.69, 9.17) is 0 Å². The maximum atomic E-state index is 12.9. The number of benzene rings is 1. The smallest absolute Gasteiger partial charge is 0.255 e. The summed E-state index contributed by atoms with van der Waals surface area (Å²) in [5.74, 6) is 0.741. The molecule has 1 aliphatic heterocycles. The average molecular weight is 293 g/mol. The van der Waals surface area contributed by atoms with Gasteiger partial charge in [-0.25, -0.2) is 9.97 Å². The molecule has 2 aromatic heterocycles. The summed E-state index contributed by atoms with van der Waals surface area (Å²) in [7, 11) is 0. The summed E-state index contributed by atoms with van der Waals surface area (Å²) in [6, 6.07) is 7.57. The first-order valence-electron chi connectivity index (χ1n) is 7.20. The van der Waals surface area contributed by atoms with Gasteiger partial charge in [-0.2, -0.15) is 0 Å². The van der Waals surface area contributed by atoms with E-state index in [1.165, 1.54) is 0 Å². The normalized spacial score (nSPS) is 13.9. The topological polar surface area (TPSA) is 66.8 Å². The number of imidazole rings is 2. The first kappa shape index (κ1) is 12.8. The number of carbonyl (C=O) groups is 1. The van der Waals surface area contributed by atoms with Crippen molar-refractivity contribution in [2.24, 2.45) is 0 Å². The fraction of sp³-hybridized carbons (Fsp3) is 0.188. The van der Waals surface area contributed by atoms with Crippen LogP contribution in [0.4, 0.5) is 0 Å². The summed E-state index contributed by atoms with van der Waals surface area (Å²) in [6.45, 7) is 2.06. The molecule has 3 aromatic rings. The summed E-state index contributed by atoms with van der Waals surface area (Å²) in [5, 5.41) is 0. The Morgan fingerprint density at radius 3 is 3.00 bits per heavy atom. The van der Waals surface area contributed by atoms with E-state index in [1.807, 2.05) is 41.7 Å². The highest BCUT2D eigenvalue weighted by molar-refractivity contribution is 6.00. The van der Waals surface area contributed by atoms with Crippen molar-refractivity contribution in [3.8, 4) is 11.4 Å². The number of amides is 1. The lowest BCUT2D eigenvalue weighted by molar-refractivity contribution is 0.0712. The average Bonchev–Trinajstić information content (AvgIpc) is 3.24. The number of hydrogen-bond donors (Lipinski definition) is 1. The van der Waals surface area contributed by atoms with Crippen molar-refractivity contribution in [2.45, 2.75) is 13.1 Å². The van der Waals surface area contributed by atoms with Crippen molar-refractivity contribution in [2.75, 3.05) is 6.54 Å². The van der Waals surface area contributed by atoms with Crippen molar-refractivity contribution in [1.29, 1.82) is 0 Å². The second-order valence-electron chi connectivity index (χ2n) is 5.29. The summed E-state index contributed by atoms with van der Waals surface area (Å²) >= 11 is 0. The number of aromatic nitrogens is 4. The highest BCUT2D eigenvalue weighted by Crippen LogP contribution is 2.23. The van der Waals surface area contributed by atoms with E-state index in [9.17, 15) is 4.79 Å². The number of nitrogens with zero attached hydrogens (tertiary/aromatic N) is 4. The van der Waals surface area contributed by atoms with Gasteiger partial charge in [0.1, 0.15) is 5.82 Å². The Labute approximate surface area is 127 Å². The molecule has 22 heavy (non-hydrogen) atoms. The number of rotatable bonds is 2. The van der Waals surface area contributed by atoms with Gasteiger partial charge in [0.25, 0.3) is 5.91 Å². The standard InChI is InChI=1S/C16H15N5O/c22-16(20-7-8-21-11-17-9-12(21)10-20)14-4-2-1-3-13(14)15-18-5-6-19-15/h1-6,9,11H,7-8,10H2,(H,18,19). The second kappa shape index (κ2) is 5.14. The third-order valence-electron chi connectivity index (χ3n) is 3.96. The summed E-state index contributed by atoms with van der Waals surface area (Å²) in [4.78, 5) is 26.2. The Morgan fingerprint density at radius 2 is 2.14 bits per heavy atom. The van der Waals surface area contributed by atoms with E-state index in [1.54, 1.807) is 12.4 Å². The summed E-state index contributed by atoms with van der Waals surface area (Å²) < 4.78 is 2.09. The van der Waals surface area contributed by atoms with Crippen LogP contribution in [0.1, 0.15) is 16.1 Å². The second-order valence-corrected chi connectivity index (χ2v) is 5.29. The highest BCUT2D eigenvalue weighted by Gasteiger charge is 2.24. The van der Waals surface area contributed by atoms with Crippen LogP contribution in [-0.2, 0) is 13.1 Å². The Hall–Kier alpha value is -2.89. The van der Waals surface area contributed by atoms with Gasteiger partial charge >= 0.3 is 0 Å². The molecule has 0 spiro atoms. The quantitative estimate of drug-likeness (QED) is 0.785. The highest BCUT2D eigenvalue weighted by atomic mass is 16.2. The molecule has 0 bridgehead atoms. The molecule has 6 heteroatoms. The lowest BCUT2D eigenvalue weighted by Gasteiger charge is -2.28. The molecular formula is C16H15N5O. The number of hydrogen-bond acceptors (Lipinski definition) is 3. The fourth-order valence-electron chi connectivity index (χ4n) is 2.82. The molecule has 1 N–H and O–H groups in total. The number of nitrogens with one attached hydrogen (secondary N) is 1. The molecule has 1 amide bonds. The monoisotopic (exact) mass is 293 g/mol. The third kappa shape index (κ3) is 2.09. The molecule has 0 radical (unpaired) electrons. The molecule has 0 saturated heterocycles. The van der Waals surface area contributed by atoms with Crippen molar-refractivity contribution < 1.29 is 4.79 Å². The van der Waals surface area contributed by atoms with Gasteiger partial charge in [-0.3, -0.25) is 4.79 Å². The van der Waals surface area contributed by atoms with E-state index < -0.39 is 0 Å². The first-order valence-corrected chi connectivity index (χ1v) is 7.20. The molecule has 0 aliphatic carbocycles. The predicted octanol–water partition coefficient (Wildman–Crippen LogP) is 1.93. The summed E-state index contributed by atoms with van der Waals surface area (Å²) in [6.07, 6.45) is 7.08. The van der Waals surface area contributed by atoms with Gasteiger partial charge in [0.2, 0.25) is 0 Å². The minimum Gasteiger partial charge on any atom is -0.345 e. The van der Waals surface area contributed by atoms with Crippen LogP contribution in [0, 0.1) is 0 Å². The fourth-order valence-corrected chi connectivity index (χ4v) is 2.82. The molecule has 4 rings (SSSR count). The largest absolute Gasteiger partial charge is 0.345 e. The Kier molecular flexibility index (Phi) is 3.00. The van der Waals surface area contributed by atoms with E-state index >= 15 is 0 Å². The van der Waals surface area contributed by atoms with Gasteiger partial charge in [-0.1, -0.05) is 18.2 Å². The Bertz CT molecular complexity index is 806. The van der Waals surface area contributed by atoms with Crippen molar-refractivity contribution >= 4 is 5.91 Å². The lowest BCUT2D eigenvalue weighted by Crippen LogP contribution is -2.38. The number of aromatic amines is 1.